The number of rotatable bonds is 6. The highest BCUT2D eigenvalue weighted by Crippen LogP contribution is 2.21. The first kappa shape index (κ1) is 14.4. The summed E-state index contributed by atoms with van der Waals surface area (Å²) < 4.78 is 7.20. The minimum atomic E-state index is 0.145. The molecule has 2 rings (SSSR count). The van der Waals surface area contributed by atoms with Crippen molar-refractivity contribution < 1.29 is 9.53 Å². The van der Waals surface area contributed by atoms with E-state index in [9.17, 15) is 4.79 Å². The van der Waals surface area contributed by atoms with Crippen molar-refractivity contribution in [2.45, 2.75) is 26.3 Å². The number of hydrogen-bond donors (Lipinski definition) is 0. The Bertz CT molecular complexity index is 589. The van der Waals surface area contributed by atoms with Gasteiger partial charge in [-0.1, -0.05) is 13.3 Å². The molecule has 1 amide bonds. The third kappa shape index (κ3) is 3.13. The van der Waals surface area contributed by atoms with Gasteiger partial charge in [0.15, 0.2) is 0 Å². The zero-order valence-corrected chi connectivity index (χ0v) is 12.4. The molecule has 4 heteroatoms. The molecule has 1 aromatic carbocycles. The first-order valence-corrected chi connectivity index (χ1v) is 7.02. The maximum absolute atomic E-state index is 12.2. The number of methoxy groups -OCH3 is 1. The maximum atomic E-state index is 12.2. The van der Waals surface area contributed by atoms with Crippen LogP contribution in [0.25, 0.3) is 10.9 Å². The third-order valence-corrected chi connectivity index (χ3v) is 3.56. The van der Waals surface area contributed by atoms with Crippen molar-refractivity contribution in [2.75, 3.05) is 20.7 Å². The van der Waals surface area contributed by atoms with Gasteiger partial charge in [0.25, 0.3) is 0 Å². The molecule has 0 aliphatic carbocycles. The Kier molecular flexibility index (Phi) is 4.66. The normalized spacial score (nSPS) is 10.8. The molecule has 0 aliphatic rings. The van der Waals surface area contributed by atoms with E-state index in [1.54, 1.807) is 12.0 Å². The van der Waals surface area contributed by atoms with Crippen molar-refractivity contribution >= 4 is 16.8 Å². The largest absolute Gasteiger partial charge is 0.497 e. The van der Waals surface area contributed by atoms with Crippen molar-refractivity contribution in [3.05, 3.63) is 30.5 Å². The molecule has 0 radical (unpaired) electrons. The lowest BCUT2D eigenvalue weighted by atomic mass is 10.2. The van der Waals surface area contributed by atoms with Crippen LogP contribution < -0.4 is 4.74 Å². The second-order valence-electron chi connectivity index (χ2n) is 5.04. The van der Waals surface area contributed by atoms with Gasteiger partial charge in [-0.3, -0.25) is 4.79 Å². The molecular formula is C16H22N2O2. The number of benzene rings is 1. The average Bonchev–Trinajstić information content (AvgIpc) is 2.86. The van der Waals surface area contributed by atoms with Crippen LogP contribution in [-0.4, -0.2) is 36.1 Å². The SMILES string of the molecule is CCCCN(C)C(=O)Cn1ccc2cc(OC)ccc21. The molecule has 2 aromatic rings. The van der Waals surface area contributed by atoms with Crippen LogP contribution in [0.15, 0.2) is 30.5 Å². The van der Waals surface area contributed by atoms with Gasteiger partial charge in [0.05, 0.1) is 7.11 Å². The summed E-state index contributed by atoms with van der Waals surface area (Å²) in [5, 5.41) is 1.09. The molecule has 4 nitrogen and oxygen atoms in total. The van der Waals surface area contributed by atoms with Crippen molar-refractivity contribution in [3.8, 4) is 5.75 Å². The predicted octanol–water partition coefficient (Wildman–Crippen LogP) is 2.91. The second-order valence-corrected chi connectivity index (χ2v) is 5.04. The minimum Gasteiger partial charge on any atom is -0.497 e. The van der Waals surface area contributed by atoms with E-state index in [2.05, 4.69) is 6.92 Å². The molecule has 0 unspecified atom stereocenters. The number of carbonyl (C=O) groups is 1. The molecule has 0 atom stereocenters. The Labute approximate surface area is 119 Å². The first-order chi connectivity index (χ1) is 9.65. The van der Waals surface area contributed by atoms with Gasteiger partial charge in [-0.2, -0.15) is 0 Å². The molecule has 108 valence electrons. The number of likely N-dealkylation sites (N-methyl/N-ethyl adjacent to an activating group) is 1. The predicted molar refractivity (Wildman–Crippen MR) is 81.0 cm³/mol. The van der Waals surface area contributed by atoms with Crippen molar-refractivity contribution in [2.24, 2.45) is 0 Å². The summed E-state index contributed by atoms with van der Waals surface area (Å²) in [6, 6.07) is 7.91. The summed E-state index contributed by atoms with van der Waals surface area (Å²) in [7, 11) is 3.52. The van der Waals surface area contributed by atoms with Crippen LogP contribution in [0, 0.1) is 0 Å². The summed E-state index contributed by atoms with van der Waals surface area (Å²) in [6.07, 6.45) is 4.10. The molecule has 1 heterocycles. The van der Waals surface area contributed by atoms with Gasteiger partial charge in [-0.15, -0.1) is 0 Å². The molecule has 0 fully saturated rings. The van der Waals surface area contributed by atoms with Crippen LogP contribution in [0.5, 0.6) is 5.75 Å². The minimum absolute atomic E-state index is 0.145. The Balaban J connectivity index is 2.11. The maximum Gasteiger partial charge on any atom is 0.242 e. The van der Waals surface area contributed by atoms with E-state index >= 15 is 0 Å². The van der Waals surface area contributed by atoms with Crippen LogP contribution in [0.1, 0.15) is 19.8 Å². The van der Waals surface area contributed by atoms with E-state index < -0.39 is 0 Å². The number of ether oxygens (including phenoxy) is 1. The van der Waals surface area contributed by atoms with E-state index in [1.165, 1.54) is 0 Å². The molecule has 0 saturated carbocycles. The topological polar surface area (TPSA) is 34.5 Å². The van der Waals surface area contributed by atoms with Gasteiger partial charge in [-0.25, -0.2) is 0 Å². The smallest absolute Gasteiger partial charge is 0.242 e. The molecule has 0 aliphatic heterocycles. The highest BCUT2D eigenvalue weighted by atomic mass is 16.5. The fourth-order valence-electron chi connectivity index (χ4n) is 2.23. The van der Waals surface area contributed by atoms with Gasteiger partial charge in [0, 0.05) is 30.7 Å². The Morgan fingerprint density at radius 3 is 2.85 bits per heavy atom. The summed E-state index contributed by atoms with van der Waals surface area (Å²) >= 11 is 0. The summed E-state index contributed by atoms with van der Waals surface area (Å²) in [6.45, 7) is 3.34. The van der Waals surface area contributed by atoms with Gasteiger partial charge in [-0.05, 0) is 30.7 Å². The highest BCUT2D eigenvalue weighted by Gasteiger charge is 2.10. The zero-order valence-electron chi connectivity index (χ0n) is 12.4. The Morgan fingerprint density at radius 1 is 1.35 bits per heavy atom. The number of aromatic nitrogens is 1. The fourth-order valence-corrected chi connectivity index (χ4v) is 2.23. The van der Waals surface area contributed by atoms with Crippen LogP contribution in [-0.2, 0) is 11.3 Å². The number of hydrogen-bond acceptors (Lipinski definition) is 2. The fraction of sp³-hybridized carbons (Fsp3) is 0.438. The van der Waals surface area contributed by atoms with Crippen molar-refractivity contribution in [1.29, 1.82) is 0 Å². The van der Waals surface area contributed by atoms with Crippen LogP contribution in [0.3, 0.4) is 0 Å². The van der Waals surface area contributed by atoms with Crippen LogP contribution in [0.4, 0.5) is 0 Å². The first-order valence-electron chi connectivity index (χ1n) is 7.02. The molecule has 20 heavy (non-hydrogen) atoms. The van der Waals surface area contributed by atoms with Crippen LogP contribution >= 0.6 is 0 Å². The number of carbonyl (C=O) groups excluding carboxylic acids is 1. The van der Waals surface area contributed by atoms with Gasteiger partial charge in [0.1, 0.15) is 12.3 Å². The zero-order chi connectivity index (χ0) is 14.5. The molecular weight excluding hydrogens is 252 g/mol. The van der Waals surface area contributed by atoms with E-state index in [4.69, 9.17) is 4.74 Å². The van der Waals surface area contributed by atoms with Gasteiger partial charge < -0.3 is 14.2 Å². The highest BCUT2D eigenvalue weighted by molar-refractivity contribution is 5.84. The monoisotopic (exact) mass is 274 g/mol. The molecule has 0 saturated heterocycles. The number of unbranched alkanes of at least 4 members (excludes halogenated alkanes) is 1. The van der Waals surface area contributed by atoms with Crippen molar-refractivity contribution in [1.82, 2.24) is 9.47 Å². The average molecular weight is 274 g/mol. The number of amides is 1. The lowest BCUT2D eigenvalue weighted by molar-refractivity contribution is -0.130. The van der Waals surface area contributed by atoms with E-state index in [1.807, 2.05) is 42.1 Å². The number of nitrogens with zero attached hydrogens (tertiary/aromatic N) is 2. The second kappa shape index (κ2) is 6.46. The van der Waals surface area contributed by atoms with Crippen LogP contribution in [0.2, 0.25) is 0 Å². The van der Waals surface area contributed by atoms with Gasteiger partial charge >= 0.3 is 0 Å². The lowest BCUT2D eigenvalue weighted by Gasteiger charge is -2.17. The van der Waals surface area contributed by atoms with E-state index in [0.29, 0.717) is 6.54 Å². The third-order valence-electron chi connectivity index (χ3n) is 3.56. The summed E-state index contributed by atoms with van der Waals surface area (Å²) in [5.74, 6) is 0.980. The summed E-state index contributed by atoms with van der Waals surface area (Å²) in [5.41, 5.74) is 1.06. The lowest BCUT2D eigenvalue weighted by Crippen LogP contribution is -2.30. The number of fused-ring (bicyclic) bond motifs is 1. The molecule has 0 N–H and O–H groups in total. The molecule has 0 spiro atoms. The van der Waals surface area contributed by atoms with Crippen molar-refractivity contribution in [3.63, 3.8) is 0 Å². The standard InChI is InChI=1S/C16H22N2O2/c1-4-5-9-17(2)16(19)12-18-10-8-13-11-14(20-3)6-7-15(13)18/h6-8,10-11H,4-5,9,12H2,1-3H3. The quantitative estimate of drug-likeness (QED) is 0.811. The summed E-state index contributed by atoms with van der Waals surface area (Å²) in [4.78, 5) is 14.0. The Hall–Kier alpha value is -1.97. The molecule has 0 bridgehead atoms. The molecule has 1 aromatic heterocycles. The van der Waals surface area contributed by atoms with Gasteiger partial charge in [0.2, 0.25) is 5.91 Å². The van der Waals surface area contributed by atoms with E-state index in [0.717, 1.165) is 36.0 Å². The Morgan fingerprint density at radius 2 is 2.15 bits per heavy atom. The van der Waals surface area contributed by atoms with E-state index in [-0.39, 0.29) is 5.91 Å².